The molecular weight excluding hydrogens is 236 g/mol. The quantitative estimate of drug-likeness (QED) is 0.748. The van der Waals surface area contributed by atoms with Crippen LogP contribution in [0.2, 0.25) is 0 Å². The molecule has 2 saturated carbocycles. The molecule has 2 aliphatic carbocycles. The van der Waals surface area contributed by atoms with Crippen molar-refractivity contribution in [3.63, 3.8) is 0 Å². The zero-order chi connectivity index (χ0) is 13.7. The summed E-state index contributed by atoms with van der Waals surface area (Å²) in [7, 11) is 0. The molecule has 102 valence electrons. The van der Waals surface area contributed by atoms with E-state index in [-0.39, 0.29) is 22.9 Å². The summed E-state index contributed by atoms with van der Waals surface area (Å²) in [5.41, 5.74) is 1.09. The molecule has 0 aliphatic heterocycles. The van der Waals surface area contributed by atoms with Crippen molar-refractivity contribution in [2.24, 2.45) is 16.7 Å². The van der Waals surface area contributed by atoms with Gasteiger partial charge >= 0.3 is 5.97 Å². The van der Waals surface area contributed by atoms with Crippen molar-refractivity contribution in [2.75, 3.05) is 0 Å². The van der Waals surface area contributed by atoms with Crippen molar-refractivity contribution >= 4 is 5.97 Å². The first-order valence-electron chi connectivity index (χ1n) is 7.21. The lowest BCUT2D eigenvalue weighted by Gasteiger charge is -2.38. The Hall–Kier alpha value is -1.31. The van der Waals surface area contributed by atoms with Gasteiger partial charge in [0.25, 0.3) is 0 Å². The lowest BCUT2D eigenvalue weighted by atomic mass is 9.70. The van der Waals surface area contributed by atoms with Gasteiger partial charge < -0.3 is 4.74 Å². The fraction of sp³-hybridized carbons (Fsp3) is 0.588. The minimum atomic E-state index is -0.171. The van der Waals surface area contributed by atoms with Gasteiger partial charge in [0, 0.05) is 5.41 Å². The highest BCUT2D eigenvalue weighted by Crippen LogP contribution is 2.66. The van der Waals surface area contributed by atoms with Gasteiger partial charge in [-0.1, -0.05) is 39.0 Å². The maximum Gasteiger partial charge on any atom is 0.338 e. The number of hydrogen-bond donors (Lipinski definition) is 0. The zero-order valence-corrected chi connectivity index (χ0v) is 12.0. The normalized spacial score (nSPS) is 35.3. The van der Waals surface area contributed by atoms with Crippen LogP contribution in [0.15, 0.2) is 30.3 Å². The Balaban J connectivity index is 1.78. The first-order valence-corrected chi connectivity index (χ1v) is 7.21. The van der Waals surface area contributed by atoms with Crippen LogP contribution in [0.5, 0.6) is 0 Å². The van der Waals surface area contributed by atoms with E-state index in [0.29, 0.717) is 11.5 Å². The minimum Gasteiger partial charge on any atom is -0.458 e. The molecule has 0 spiro atoms. The molecule has 0 amide bonds. The van der Waals surface area contributed by atoms with Crippen LogP contribution in [0.25, 0.3) is 0 Å². The van der Waals surface area contributed by atoms with Crippen LogP contribution >= 0.6 is 0 Å². The third-order valence-corrected chi connectivity index (χ3v) is 5.97. The second-order valence-corrected chi connectivity index (χ2v) is 6.87. The monoisotopic (exact) mass is 258 g/mol. The number of carbonyl (C=O) groups is 1. The Morgan fingerprint density at radius 2 is 1.89 bits per heavy atom. The Morgan fingerprint density at radius 3 is 2.42 bits per heavy atom. The van der Waals surface area contributed by atoms with E-state index in [4.69, 9.17) is 4.74 Å². The minimum absolute atomic E-state index is 0.0777. The van der Waals surface area contributed by atoms with Crippen LogP contribution < -0.4 is 0 Å². The van der Waals surface area contributed by atoms with Gasteiger partial charge in [-0.2, -0.15) is 0 Å². The zero-order valence-electron chi connectivity index (χ0n) is 12.0. The fourth-order valence-electron chi connectivity index (χ4n) is 4.08. The van der Waals surface area contributed by atoms with E-state index in [0.717, 1.165) is 6.42 Å². The summed E-state index contributed by atoms with van der Waals surface area (Å²) in [6.45, 7) is 6.96. The fourth-order valence-corrected chi connectivity index (χ4v) is 4.08. The second kappa shape index (κ2) is 4.09. The van der Waals surface area contributed by atoms with Gasteiger partial charge in [0.1, 0.15) is 6.10 Å². The van der Waals surface area contributed by atoms with E-state index in [2.05, 4.69) is 20.8 Å². The maximum absolute atomic E-state index is 12.2. The Morgan fingerprint density at radius 1 is 1.21 bits per heavy atom. The van der Waals surface area contributed by atoms with E-state index in [9.17, 15) is 4.79 Å². The first-order chi connectivity index (χ1) is 8.95. The summed E-state index contributed by atoms with van der Waals surface area (Å²) < 4.78 is 5.83. The van der Waals surface area contributed by atoms with Gasteiger partial charge in [-0.05, 0) is 42.7 Å². The van der Waals surface area contributed by atoms with E-state index < -0.39 is 0 Å². The van der Waals surface area contributed by atoms with Crippen LogP contribution in [0.4, 0.5) is 0 Å². The van der Waals surface area contributed by atoms with Crippen LogP contribution in [0, 0.1) is 16.7 Å². The Kier molecular flexibility index (Phi) is 2.74. The molecule has 0 unspecified atom stereocenters. The molecule has 3 rings (SSSR count). The molecule has 0 saturated heterocycles. The van der Waals surface area contributed by atoms with Gasteiger partial charge in [0.2, 0.25) is 0 Å². The predicted molar refractivity (Wildman–Crippen MR) is 74.9 cm³/mol. The summed E-state index contributed by atoms with van der Waals surface area (Å²) in [6.07, 6.45) is 3.57. The largest absolute Gasteiger partial charge is 0.458 e. The third kappa shape index (κ3) is 1.73. The van der Waals surface area contributed by atoms with Crippen molar-refractivity contribution in [1.82, 2.24) is 0 Å². The average molecular weight is 258 g/mol. The average Bonchev–Trinajstić information content (AvgIpc) is 2.73. The number of fused-ring (bicyclic) bond motifs is 2. The van der Waals surface area contributed by atoms with Crippen molar-refractivity contribution in [2.45, 2.75) is 46.1 Å². The molecular formula is C17H22O2. The molecule has 2 bridgehead atoms. The summed E-state index contributed by atoms with van der Waals surface area (Å²) in [5.74, 6) is 0.529. The van der Waals surface area contributed by atoms with E-state index in [1.54, 1.807) is 0 Å². The number of rotatable bonds is 2. The Labute approximate surface area is 115 Å². The molecule has 0 aromatic heterocycles. The molecule has 19 heavy (non-hydrogen) atoms. The molecule has 1 aromatic carbocycles. The van der Waals surface area contributed by atoms with E-state index in [1.165, 1.54) is 12.8 Å². The number of carbonyl (C=O) groups excluding carboxylic acids is 1. The van der Waals surface area contributed by atoms with Crippen molar-refractivity contribution in [3.8, 4) is 0 Å². The van der Waals surface area contributed by atoms with Gasteiger partial charge in [0.05, 0.1) is 5.56 Å². The summed E-state index contributed by atoms with van der Waals surface area (Å²) in [6, 6.07) is 9.32. The molecule has 1 aromatic rings. The van der Waals surface area contributed by atoms with Gasteiger partial charge in [0.15, 0.2) is 0 Å². The van der Waals surface area contributed by atoms with Crippen LogP contribution in [0.3, 0.4) is 0 Å². The summed E-state index contributed by atoms with van der Waals surface area (Å²) in [4.78, 5) is 12.2. The van der Waals surface area contributed by atoms with Crippen LogP contribution in [0.1, 0.15) is 50.4 Å². The highest BCUT2D eigenvalue weighted by molar-refractivity contribution is 5.89. The molecule has 2 fully saturated rings. The topological polar surface area (TPSA) is 26.3 Å². The van der Waals surface area contributed by atoms with Crippen LogP contribution in [-0.4, -0.2) is 12.1 Å². The third-order valence-electron chi connectivity index (χ3n) is 5.97. The van der Waals surface area contributed by atoms with Gasteiger partial charge in [-0.3, -0.25) is 0 Å². The maximum atomic E-state index is 12.2. The van der Waals surface area contributed by atoms with Crippen molar-refractivity contribution < 1.29 is 9.53 Å². The van der Waals surface area contributed by atoms with Gasteiger partial charge in [-0.25, -0.2) is 4.79 Å². The molecule has 0 N–H and O–H groups in total. The SMILES string of the molecule is CC1(C)[C@H]2CC[C@]1(C)[C@@H](OC(=O)c1ccccc1)C2. The number of hydrogen-bond acceptors (Lipinski definition) is 2. The molecule has 2 nitrogen and oxygen atoms in total. The summed E-state index contributed by atoms with van der Waals surface area (Å²) in [5, 5.41) is 0. The first kappa shape index (κ1) is 12.7. The Bertz CT molecular complexity index is 491. The molecule has 2 heteroatoms. The second-order valence-electron chi connectivity index (χ2n) is 6.87. The number of benzene rings is 1. The number of esters is 1. The highest BCUT2D eigenvalue weighted by atomic mass is 16.5. The van der Waals surface area contributed by atoms with Crippen molar-refractivity contribution in [1.29, 1.82) is 0 Å². The summed E-state index contributed by atoms with van der Waals surface area (Å²) >= 11 is 0. The lowest BCUT2D eigenvalue weighted by Crippen LogP contribution is -2.38. The van der Waals surface area contributed by atoms with Gasteiger partial charge in [-0.15, -0.1) is 0 Å². The highest BCUT2D eigenvalue weighted by Gasteiger charge is 2.62. The smallest absolute Gasteiger partial charge is 0.338 e. The van der Waals surface area contributed by atoms with E-state index >= 15 is 0 Å². The van der Waals surface area contributed by atoms with Crippen molar-refractivity contribution in [3.05, 3.63) is 35.9 Å². The number of ether oxygens (including phenoxy) is 1. The molecule has 3 atom stereocenters. The molecule has 0 radical (unpaired) electrons. The van der Waals surface area contributed by atoms with E-state index in [1.807, 2.05) is 30.3 Å². The molecule has 2 aliphatic rings. The standard InChI is InChI=1S/C17H22O2/c1-16(2)13-9-10-17(16,3)14(11-13)19-15(18)12-7-5-4-6-8-12/h4-8,13-14H,9-11H2,1-3H3/t13-,14-,17+/m0/s1. The molecule has 0 heterocycles. The lowest BCUT2D eigenvalue weighted by molar-refractivity contribution is -0.0242. The predicted octanol–water partition coefficient (Wildman–Crippen LogP) is 4.06. The van der Waals surface area contributed by atoms with Crippen LogP contribution in [-0.2, 0) is 4.74 Å².